The van der Waals surface area contributed by atoms with Gasteiger partial charge in [0.1, 0.15) is 0 Å². The molecule has 0 aliphatic carbocycles. The Hall–Kier alpha value is -2.15. The van der Waals surface area contributed by atoms with Crippen molar-refractivity contribution in [3.05, 3.63) is 64.4 Å². The summed E-state index contributed by atoms with van der Waals surface area (Å²) in [5.74, 6) is 0.573. The third-order valence-corrected chi connectivity index (χ3v) is 4.77. The molecule has 3 aromatic rings. The van der Waals surface area contributed by atoms with E-state index in [1.165, 1.54) is 0 Å². The van der Waals surface area contributed by atoms with Crippen molar-refractivity contribution < 1.29 is 13.2 Å². The summed E-state index contributed by atoms with van der Waals surface area (Å²) in [5, 5.41) is 11.9. The molecule has 0 radical (unpaired) electrons. The van der Waals surface area contributed by atoms with Gasteiger partial charge in [0, 0.05) is 44.3 Å². The molecule has 29 heavy (non-hydrogen) atoms. The van der Waals surface area contributed by atoms with Crippen LogP contribution in [0.2, 0.25) is 0 Å². The van der Waals surface area contributed by atoms with Crippen LogP contribution in [0.4, 0.5) is 13.2 Å². The van der Waals surface area contributed by atoms with Crippen LogP contribution in [0.25, 0.3) is 5.69 Å². The van der Waals surface area contributed by atoms with E-state index in [1.54, 1.807) is 17.9 Å². The average Bonchev–Trinajstić information content (AvgIpc) is 3.36. The number of aliphatic imine (C=N–C) groups is 1. The first-order valence-electron chi connectivity index (χ1n) is 8.51. The van der Waals surface area contributed by atoms with E-state index in [0.29, 0.717) is 30.5 Å². The van der Waals surface area contributed by atoms with Crippen molar-refractivity contribution in [1.82, 2.24) is 25.4 Å². The molecule has 2 heterocycles. The van der Waals surface area contributed by atoms with Crippen LogP contribution >= 0.6 is 35.3 Å². The second-order valence-corrected chi connectivity index (χ2v) is 6.79. The number of aromatic nitrogens is 3. The summed E-state index contributed by atoms with van der Waals surface area (Å²) >= 11 is 1.01. The lowest BCUT2D eigenvalue weighted by atomic mass is 10.2. The van der Waals surface area contributed by atoms with Crippen LogP contribution in [0, 0.1) is 0 Å². The van der Waals surface area contributed by atoms with Gasteiger partial charge in [0.25, 0.3) is 0 Å². The maximum absolute atomic E-state index is 12.6. The summed E-state index contributed by atoms with van der Waals surface area (Å²) in [7, 11) is 1.64. The summed E-state index contributed by atoms with van der Waals surface area (Å²) in [4.78, 5) is 7.73. The molecule has 156 valence electrons. The molecule has 0 amide bonds. The van der Waals surface area contributed by atoms with E-state index in [1.807, 2.05) is 36.5 Å². The fraction of sp³-hybridized carbons (Fsp3) is 0.278. The molecule has 1 aromatic carbocycles. The fourth-order valence-electron chi connectivity index (χ4n) is 2.44. The number of nitrogens with zero attached hydrogens (tertiary/aromatic N) is 4. The van der Waals surface area contributed by atoms with E-state index in [2.05, 4.69) is 25.7 Å². The Morgan fingerprint density at radius 3 is 2.55 bits per heavy atom. The lowest BCUT2D eigenvalue weighted by Crippen LogP contribution is -2.37. The zero-order chi connectivity index (χ0) is 20.0. The molecule has 0 unspecified atom stereocenters. The molecular formula is C18H20F3IN6S. The SMILES string of the molecule is CN=C(NCCc1nc(C(F)(F)F)cs1)NCc1ccc(-n2cccn2)cc1.I. The van der Waals surface area contributed by atoms with Gasteiger partial charge in [-0.3, -0.25) is 4.99 Å². The van der Waals surface area contributed by atoms with Crippen LogP contribution in [-0.2, 0) is 19.1 Å². The third-order valence-electron chi connectivity index (χ3n) is 3.86. The monoisotopic (exact) mass is 536 g/mol. The van der Waals surface area contributed by atoms with E-state index in [9.17, 15) is 13.2 Å². The molecule has 0 saturated heterocycles. The van der Waals surface area contributed by atoms with Gasteiger partial charge in [-0.2, -0.15) is 18.3 Å². The highest BCUT2D eigenvalue weighted by atomic mass is 127. The summed E-state index contributed by atoms with van der Waals surface area (Å²) < 4.78 is 39.5. The average molecular weight is 536 g/mol. The van der Waals surface area contributed by atoms with Crippen molar-refractivity contribution in [3.63, 3.8) is 0 Å². The van der Waals surface area contributed by atoms with Gasteiger partial charge in [-0.15, -0.1) is 35.3 Å². The Morgan fingerprint density at radius 2 is 1.97 bits per heavy atom. The molecule has 0 fully saturated rings. The van der Waals surface area contributed by atoms with Crippen molar-refractivity contribution in [2.75, 3.05) is 13.6 Å². The molecule has 11 heteroatoms. The van der Waals surface area contributed by atoms with Crippen LogP contribution in [0.1, 0.15) is 16.3 Å². The van der Waals surface area contributed by atoms with Gasteiger partial charge in [-0.1, -0.05) is 12.1 Å². The van der Waals surface area contributed by atoms with Gasteiger partial charge in [0.15, 0.2) is 11.7 Å². The first kappa shape index (κ1) is 23.1. The number of guanidine groups is 1. The van der Waals surface area contributed by atoms with E-state index in [0.717, 1.165) is 28.0 Å². The van der Waals surface area contributed by atoms with Gasteiger partial charge in [0.2, 0.25) is 0 Å². The molecule has 0 bridgehead atoms. The normalized spacial score (nSPS) is 11.8. The fourth-order valence-corrected chi connectivity index (χ4v) is 3.24. The molecular weight excluding hydrogens is 516 g/mol. The zero-order valence-electron chi connectivity index (χ0n) is 15.5. The van der Waals surface area contributed by atoms with Crippen molar-refractivity contribution in [2.24, 2.45) is 4.99 Å². The summed E-state index contributed by atoms with van der Waals surface area (Å²) in [6, 6.07) is 9.79. The molecule has 0 atom stereocenters. The lowest BCUT2D eigenvalue weighted by Gasteiger charge is -2.12. The quantitative estimate of drug-likeness (QED) is 0.285. The predicted molar refractivity (Wildman–Crippen MR) is 118 cm³/mol. The molecule has 0 saturated carbocycles. The standard InChI is InChI=1S/C18H19F3N6S.HI/c1-22-17(23-9-7-16-26-15(12-28-16)18(19,20)21)24-11-13-3-5-14(6-4-13)27-10-2-8-25-27;/h2-6,8,10,12H,7,9,11H2,1H3,(H2,22,23,24);1H. The van der Waals surface area contributed by atoms with E-state index in [-0.39, 0.29) is 24.0 Å². The number of nitrogens with one attached hydrogen (secondary N) is 2. The number of thiazole rings is 1. The predicted octanol–water partition coefficient (Wildman–Crippen LogP) is 3.87. The van der Waals surface area contributed by atoms with E-state index < -0.39 is 11.9 Å². The molecule has 6 nitrogen and oxygen atoms in total. The van der Waals surface area contributed by atoms with Crippen LogP contribution < -0.4 is 10.6 Å². The van der Waals surface area contributed by atoms with Crippen molar-refractivity contribution in [3.8, 4) is 5.69 Å². The zero-order valence-corrected chi connectivity index (χ0v) is 18.6. The van der Waals surface area contributed by atoms with Crippen LogP contribution in [0.15, 0.2) is 53.1 Å². The number of hydrogen-bond acceptors (Lipinski definition) is 4. The maximum atomic E-state index is 12.6. The van der Waals surface area contributed by atoms with Gasteiger partial charge >= 0.3 is 6.18 Å². The minimum atomic E-state index is -4.40. The molecule has 3 rings (SSSR count). The Bertz CT molecular complexity index is 907. The number of halogens is 4. The van der Waals surface area contributed by atoms with Crippen molar-refractivity contribution in [1.29, 1.82) is 0 Å². The van der Waals surface area contributed by atoms with Crippen LogP contribution in [0.5, 0.6) is 0 Å². The topological polar surface area (TPSA) is 67.1 Å². The summed E-state index contributed by atoms with van der Waals surface area (Å²) in [6.45, 7) is 0.997. The second-order valence-electron chi connectivity index (χ2n) is 5.84. The molecule has 2 N–H and O–H groups in total. The Labute approximate surface area is 187 Å². The number of rotatable bonds is 6. The third kappa shape index (κ3) is 6.70. The number of benzene rings is 1. The lowest BCUT2D eigenvalue weighted by molar-refractivity contribution is -0.140. The first-order chi connectivity index (χ1) is 13.5. The van der Waals surface area contributed by atoms with Crippen molar-refractivity contribution >= 4 is 41.3 Å². The minimum Gasteiger partial charge on any atom is -0.356 e. The highest BCUT2D eigenvalue weighted by Crippen LogP contribution is 2.29. The maximum Gasteiger partial charge on any atom is 0.434 e. The number of alkyl halides is 3. The summed E-state index contributed by atoms with van der Waals surface area (Å²) in [6.07, 6.45) is -0.410. The largest absolute Gasteiger partial charge is 0.434 e. The first-order valence-corrected chi connectivity index (χ1v) is 9.39. The minimum absolute atomic E-state index is 0. The van der Waals surface area contributed by atoms with Gasteiger partial charge in [-0.25, -0.2) is 9.67 Å². The van der Waals surface area contributed by atoms with Crippen molar-refractivity contribution in [2.45, 2.75) is 19.1 Å². The van der Waals surface area contributed by atoms with Gasteiger partial charge in [-0.05, 0) is 23.8 Å². The Morgan fingerprint density at radius 1 is 1.21 bits per heavy atom. The van der Waals surface area contributed by atoms with Crippen LogP contribution in [0.3, 0.4) is 0 Å². The van der Waals surface area contributed by atoms with Crippen LogP contribution in [-0.4, -0.2) is 34.3 Å². The van der Waals surface area contributed by atoms with E-state index >= 15 is 0 Å². The molecule has 0 spiro atoms. The van der Waals surface area contributed by atoms with Gasteiger partial charge < -0.3 is 10.6 Å². The van der Waals surface area contributed by atoms with E-state index in [4.69, 9.17) is 0 Å². The summed E-state index contributed by atoms with van der Waals surface area (Å²) in [5.41, 5.74) is 1.19. The Kier molecular flexibility index (Phi) is 8.44. The smallest absolute Gasteiger partial charge is 0.356 e. The Balaban J connectivity index is 0.00000300. The molecule has 2 aromatic heterocycles. The molecule has 0 aliphatic heterocycles. The second kappa shape index (κ2) is 10.6. The highest BCUT2D eigenvalue weighted by Gasteiger charge is 2.33. The molecule has 0 aliphatic rings. The van der Waals surface area contributed by atoms with Gasteiger partial charge in [0.05, 0.1) is 10.7 Å². The number of hydrogen-bond donors (Lipinski definition) is 2. The highest BCUT2D eigenvalue weighted by molar-refractivity contribution is 14.0.